The second kappa shape index (κ2) is 6.44. The van der Waals surface area contributed by atoms with Gasteiger partial charge in [-0.15, -0.1) is 0 Å². The molecule has 2 aromatic rings. The lowest BCUT2D eigenvalue weighted by Gasteiger charge is -2.39. The molecule has 1 fully saturated rings. The quantitative estimate of drug-likeness (QED) is 0.890. The van der Waals surface area contributed by atoms with Crippen LogP contribution in [-0.4, -0.2) is 44.8 Å². The average molecular weight is 359 g/mol. The highest BCUT2D eigenvalue weighted by Gasteiger charge is 2.45. The molecule has 2 aromatic heterocycles. The molecule has 0 spiro atoms. The first-order valence-corrected chi connectivity index (χ1v) is 8.40. The molecule has 8 nitrogen and oxygen atoms in total. The van der Waals surface area contributed by atoms with Gasteiger partial charge in [-0.1, -0.05) is 0 Å². The molecule has 138 valence electrons. The Labute approximate surface area is 150 Å². The van der Waals surface area contributed by atoms with E-state index < -0.39 is 17.1 Å². The Hall–Kier alpha value is -2.90. The summed E-state index contributed by atoms with van der Waals surface area (Å²) in [6, 6.07) is 1.29. The fourth-order valence-corrected chi connectivity index (χ4v) is 3.50. The normalized spacial score (nSPS) is 16.5. The van der Waals surface area contributed by atoms with Crippen molar-refractivity contribution in [2.24, 2.45) is 0 Å². The third-order valence-corrected chi connectivity index (χ3v) is 4.97. The Morgan fingerprint density at radius 2 is 1.88 bits per heavy atom. The van der Waals surface area contributed by atoms with Crippen LogP contribution in [0.25, 0.3) is 0 Å². The molecule has 1 amide bonds. The number of rotatable bonds is 3. The molecule has 8 heteroatoms. The van der Waals surface area contributed by atoms with E-state index in [2.05, 4.69) is 5.10 Å². The van der Waals surface area contributed by atoms with E-state index in [1.807, 2.05) is 6.92 Å². The van der Waals surface area contributed by atoms with Crippen molar-refractivity contribution < 1.29 is 19.1 Å². The average Bonchev–Trinajstić information content (AvgIpc) is 3.00. The van der Waals surface area contributed by atoms with E-state index in [4.69, 9.17) is 4.42 Å². The standard InChI is InChI=1S/C18H21N3O5/c1-11-9-19-21(10-11)18(17(24)25)4-6-20(7-5-18)16(23)15-12(2)8-14(22)26-13(15)3/h8-10H,4-7H2,1-3H3,(H,24,25). The minimum Gasteiger partial charge on any atom is -0.479 e. The van der Waals surface area contributed by atoms with Crippen molar-refractivity contribution in [3.8, 4) is 0 Å². The van der Waals surface area contributed by atoms with Crippen LogP contribution in [0.2, 0.25) is 0 Å². The van der Waals surface area contributed by atoms with E-state index in [1.54, 1.807) is 31.1 Å². The Kier molecular flexibility index (Phi) is 4.43. The predicted octanol–water partition coefficient (Wildman–Crippen LogP) is 1.48. The highest BCUT2D eigenvalue weighted by Crippen LogP contribution is 2.31. The summed E-state index contributed by atoms with van der Waals surface area (Å²) in [6.07, 6.45) is 3.85. The maximum absolute atomic E-state index is 12.9. The Bertz CT molecular complexity index is 893. The number of carbonyl (C=O) groups is 2. The number of carboxylic acids is 1. The molecule has 0 aliphatic carbocycles. The van der Waals surface area contributed by atoms with Crippen LogP contribution in [-0.2, 0) is 10.3 Å². The van der Waals surface area contributed by atoms with Crippen molar-refractivity contribution in [2.75, 3.05) is 13.1 Å². The largest absolute Gasteiger partial charge is 0.479 e. The van der Waals surface area contributed by atoms with Crippen LogP contribution < -0.4 is 5.63 Å². The van der Waals surface area contributed by atoms with E-state index in [0.717, 1.165) is 5.56 Å². The number of amides is 1. The number of aliphatic carboxylic acids is 1. The van der Waals surface area contributed by atoms with Crippen molar-refractivity contribution in [3.05, 3.63) is 51.3 Å². The van der Waals surface area contributed by atoms with E-state index in [0.29, 0.717) is 11.1 Å². The molecule has 1 aliphatic rings. The molecule has 1 N–H and O–H groups in total. The van der Waals surface area contributed by atoms with Crippen molar-refractivity contribution in [1.82, 2.24) is 14.7 Å². The summed E-state index contributed by atoms with van der Waals surface area (Å²) >= 11 is 0. The van der Waals surface area contributed by atoms with Crippen molar-refractivity contribution in [1.29, 1.82) is 0 Å². The third-order valence-electron chi connectivity index (χ3n) is 4.97. The number of piperidine rings is 1. The smallest absolute Gasteiger partial charge is 0.336 e. The molecule has 0 saturated carbocycles. The fraction of sp³-hybridized carbons (Fsp3) is 0.444. The lowest BCUT2D eigenvalue weighted by atomic mass is 9.87. The molecule has 0 unspecified atom stereocenters. The summed E-state index contributed by atoms with van der Waals surface area (Å²) in [7, 11) is 0. The molecular formula is C18H21N3O5. The van der Waals surface area contributed by atoms with Crippen molar-refractivity contribution >= 4 is 11.9 Å². The summed E-state index contributed by atoms with van der Waals surface area (Å²) in [5.74, 6) is -0.928. The van der Waals surface area contributed by atoms with Gasteiger partial charge in [-0.25, -0.2) is 9.59 Å². The zero-order valence-electron chi connectivity index (χ0n) is 15.0. The number of aryl methyl sites for hydroxylation is 3. The van der Waals surface area contributed by atoms with Crippen molar-refractivity contribution in [3.63, 3.8) is 0 Å². The Morgan fingerprint density at radius 1 is 1.23 bits per heavy atom. The number of nitrogens with zero attached hydrogens (tertiary/aromatic N) is 3. The second-order valence-corrected chi connectivity index (χ2v) is 6.77. The number of likely N-dealkylation sites (tertiary alicyclic amines) is 1. The van der Waals surface area contributed by atoms with Crippen LogP contribution in [0.3, 0.4) is 0 Å². The Morgan fingerprint density at radius 3 is 2.38 bits per heavy atom. The minimum atomic E-state index is -1.15. The van der Waals surface area contributed by atoms with Gasteiger partial charge < -0.3 is 14.4 Å². The first-order chi connectivity index (χ1) is 12.2. The summed E-state index contributed by atoms with van der Waals surface area (Å²) in [5.41, 5.74) is 0.158. The topological polar surface area (TPSA) is 106 Å². The van der Waals surface area contributed by atoms with Crippen LogP contribution in [0.15, 0.2) is 27.7 Å². The molecule has 1 saturated heterocycles. The van der Waals surface area contributed by atoms with Gasteiger partial charge in [0.05, 0.1) is 11.8 Å². The lowest BCUT2D eigenvalue weighted by molar-refractivity contribution is -0.150. The zero-order chi connectivity index (χ0) is 19.1. The van der Waals surface area contributed by atoms with Gasteiger partial charge in [0.15, 0.2) is 5.54 Å². The maximum Gasteiger partial charge on any atom is 0.336 e. The van der Waals surface area contributed by atoms with Gasteiger partial charge in [0.2, 0.25) is 0 Å². The van der Waals surface area contributed by atoms with E-state index in [1.165, 1.54) is 10.7 Å². The van der Waals surface area contributed by atoms with E-state index >= 15 is 0 Å². The summed E-state index contributed by atoms with van der Waals surface area (Å²) in [4.78, 5) is 37.9. The number of hydrogen-bond acceptors (Lipinski definition) is 5. The maximum atomic E-state index is 12.9. The van der Waals surface area contributed by atoms with Gasteiger partial charge >= 0.3 is 11.6 Å². The zero-order valence-corrected chi connectivity index (χ0v) is 15.0. The van der Waals surface area contributed by atoms with Crippen LogP contribution in [0.1, 0.15) is 40.1 Å². The first kappa shape index (κ1) is 17.9. The molecule has 3 rings (SSSR count). The molecule has 0 bridgehead atoms. The fourth-order valence-electron chi connectivity index (χ4n) is 3.50. The minimum absolute atomic E-state index is 0.251. The van der Waals surface area contributed by atoms with Gasteiger partial charge in [-0.2, -0.15) is 5.10 Å². The molecule has 0 aromatic carbocycles. The molecule has 0 radical (unpaired) electrons. The SMILES string of the molecule is Cc1cnn(C2(C(=O)O)CCN(C(=O)c3c(C)cc(=O)oc3C)CC2)c1. The predicted molar refractivity (Wildman–Crippen MR) is 92.2 cm³/mol. The summed E-state index contributed by atoms with van der Waals surface area (Å²) in [5, 5.41) is 14.0. The number of hydrogen-bond donors (Lipinski definition) is 1. The highest BCUT2D eigenvalue weighted by molar-refractivity contribution is 5.96. The van der Waals surface area contributed by atoms with Gasteiger partial charge in [0, 0.05) is 38.2 Å². The van der Waals surface area contributed by atoms with Gasteiger partial charge in [0.1, 0.15) is 5.76 Å². The van der Waals surface area contributed by atoms with Crippen LogP contribution in [0.5, 0.6) is 0 Å². The van der Waals surface area contributed by atoms with Gasteiger partial charge in [-0.05, 0) is 31.9 Å². The number of carbonyl (C=O) groups excluding carboxylic acids is 1. The molecule has 0 atom stereocenters. The Balaban J connectivity index is 1.85. The summed E-state index contributed by atoms with van der Waals surface area (Å²) < 4.78 is 6.53. The van der Waals surface area contributed by atoms with E-state index in [-0.39, 0.29) is 37.6 Å². The lowest BCUT2D eigenvalue weighted by Crippen LogP contribution is -2.52. The van der Waals surface area contributed by atoms with E-state index in [9.17, 15) is 19.5 Å². The summed E-state index contributed by atoms with van der Waals surface area (Å²) in [6.45, 7) is 5.69. The molecule has 3 heterocycles. The highest BCUT2D eigenvalue weighted by atomic mass is 16.4. The van der Waals surface area contributed by atoms with Crippen molar-refractivity contribution in [2.45, 2.75) is 39.2 Å². The number of aromatic nitrogens is 2. The van der Waals surface area contributed by atoms with Crippen LogP contribution in [0, 0.1) is 20.8 Å². The first-order valence-electron chi connectivity index (χ1n) is 8.40. The molecule has 1 aliphatic heterocycles. The number of carboxylic acid groups (broad SMARTS) is 1. The van der Waals surface area contributed by atoms with Gasteiger partial charge in [0.25, 0.3) is 5.91 Å². The second-order valence-electron chi connectivity index (χ2n) is 6.77. The third kappa shape index (κ3) is 2.91. The molecule has 26 heavy (non-hydrogen) atoms. The van der Waals surface area contributed by atoms with Gasteiger partial charge in [-0.3, -0.25) is 9.48 Å². The van der Waals surface area contributed by atoms with Crippen LogP contribution in [0.4, 0.5) is 0 Å². The monoisotopic (exact) mass is 359 g/mol. The molecular weight excluding hydrogens is 338 g/mol. The van der Waals surface area contributed by atoms with Crippen LogP contribution >= 0.6 is 0 Å².